The number of aromatic carboxylic acids is 1. The topological polar surface area (TPSA) is 75.0 Å². The van der Waals surface area contributed by atoms with Gasteiger partial charge in [0.1, 0.15) is 0 Å². The number of carbonyl (C=O) groups excluding carboxylic acids is 2. The zero-order chi connectivity index (χ0) is 20.4. The molecule has 5 nitrogen and oxygen atoms in total. The SMILES string of the molecule is Cc1ccc(CSc2nc3ccccc3n2C(=O)c2ccccc2C(=O)[O-])cc1. The monoisotopic (exact) mass is 401 g/mol. The molecule has 29 heavy (non-hydrogen) atoms. The van der Waals surface area contributed by atoms with Crippen molar-refractivity contribution in [3.05, 3.63) is 95.1 Å². The molecule has 0 aliphatic rings. The summed E-state index contributed by atoms with van der Waals surface area (Å²) in [7, 11) is 0. The van der Waals surface area contributed by atoms with Gasteiger partial charge in [-0.1, -0.05) is 71.9 Å². The molecule has 0 aliphatic heterocycles. The van der Waals surface area contributed by atoms with Crippen LogP contribution in [0.4, 0.5) is 0 Å². The number of carbonyl (C=O) groups is 2. The highest BCUT2D eigenvalue weighted by molar-refractivity contribution is 7.98. The zero-order valence-electron chi connectivity index (χ0n) is 15.7. The van der Waals surface area contributed by atoms with E-state index in [9.17, 15) is 14.7 Å². The molecule has 0 aliphatic carbocycles. The molecule has 0 spiro atoms. The molecule has 0 atom stereocenters. The quantitative estimate of drug-likeness (QED) is 0.477. The highest BCUT2D eigenvalue weighted by Crippen LogP contribution is 2.28. The lowest BCUT2D eigenvalue weighted by molar-refractivity contribution is -0.255. The van der Waals surface area contributed by atoms with Crippen molar-refractivity contribution in [1.82, 2.24) is 9.55 Å². The average molecular weight is 401 g/mol. The van der Waals surface area contributed by atoms with E-state index in [1.165, 1.54) is 34.0 Å². The Labute approximate surface area is 172 Å². The molecule has 0 fully saturated rings. The standard InChI is InChI=1S/C23H18N2O3S/c1-15-10-12-16(13-11-15)14-29-23-24-19-8-4-5-9-20(19)25(23)21(26)17-6-2-3-7-18(17)22(27)28/h2-13H,14H2,1H3,(H,27,28)/p-1. The third-order valence-electron chi connectivity index (χ3n) is 4.60. The van der Waals surface area contributed by atoms with Gasteiger partial charge in [-0.2, -0.15) is 0 Å². The first-order valence-electron chi connectivity index (χ1n) is 9.05. The van der Waals surface area contributed by atoms with Crippen molar-refractivity contribution in [2.24, 2.45) is 0 Å². The van der Waals surface area contributed by atoms with Crippen LogP contribution in [-0.4, -0.2) is 21.4 Å². The van der Waals surface area contributed by atoms with E-state index in [1.54, 1.807) is 18.2 Å². The van der Waals surface area contributed by atoms with E-state index in [-0.39, 0.29) is 11.1 Å². The predicted octanol–water partition coefficient (Wildman–Crippen LogP) is 3.69. The lowest BCUT2D eigenvalue weighted by Crippen LogP contribution is -2.26. The Morgan fingerprint density at radius 1 is 0.931 bits per heavy atom. The van der Waals surface area contributed by atoms with E-state index in [0.29, 0.717) is 21.9 Å². The molecule has 144 valence electrons. The van der Waals surface area contributed by atoms with Crippen LogP contribution in [-0.2, 0) is 5.75 Å². The number of aryl methyl sites for hydroxylation is 1. The van der Waals surface area contributed by atoms with Gasteiger partial charge < -0.3 is 9.90 Å². The fraction of sp³-hybridized carbons (Fsp3) is 0.0870. The summed E-state index contributed by atoms with van der Waals surface area (Å²) in [6.07, 6.45) is 0. The molecular formula is C23H17N2O3S-. The number of aromatic nitrogens is 2. The van der Waals surface area contributed by atoms with Crippen molar-refractivity contribution in [3.63, 3.8) is 0 Å². The van der Waals surface area contributed by atoms with Crippen LogP contribution in [0.15, 0.2) is 78.0 Å². The van der Waals surface area contributed by atoms with Crippen molar-refractivity contribution in [1.29, 1.82) is 0 Å². The fourth-order valence-electron chi connectivity index (χ4n) is 3.10. The van der Waals surface area contributed by atoms with Crippen molar-refractivity contribution < 1.29 is 14.7 Å². The average Bonchev–Trinajstić information content (AvgIpc) is 3.11. The second kappa shape index (κ2) is 7.93. The number of carboxylic acids is 1. The van der Waals surface area contributed by atoms with Gasteiger partial charge in [-0.3, -0.25) is 9.36 Å². The molecule has 0 amide bonds. The van der Waals surface area contributed by atoms with Crippen LogP contribution in [0.3, 0.4) is 0 Å². The first kappa shape index (κ1) is 19.0. The Bertz CT molecular complexity index is 1210. The molecule has 6 heteroatoms. The van der Waals surface area contributed by atoms with E-state index >= 15 is 0 Å². The number of carboxylic acid groups (broad SMARTS) is 1. The molecule has 4 rings (SSSR count). The Hall–Kier alpha value is -3.38. The number of para-hydroxylation sites is 2. The number of benzene rings is 3. The molecule has 1 heterocycles. The summed E-state index contributed by atoms with van der Waals surface area (Å²) in [5.41, 5.74) is 3.55. The summed E-state index contributed by atoms with van der Waals surface area (Å²) in [6, 6.07) is 21.6. The third kappa shape index (κ3) is 3.79. The molecule has 0 N–H and O–H groups in total. The Kier molecular flexibility index (Phi) is 5.18. The van der Waals surface area contributed by atoms with Crippen molar-refractivity contribution >= 4 is 34.7 Å². The van der Waals surface area contributed by atoms with Gasteiger partial charge in [0.25, 0.3) is 5.91 Å². The summed E-state index contributed by atoms with van der Waals surface area (Å²) in [6.45, 7) is 2.03. The van der Waals surface area contributed by atoms with Gasteiger partial charge in [0.05, 0.1) is 17.0 Å². The van der Waals surface area contributed by atoms with Gasteiger partial charge in [-0.05, 0) is 30.7 Å². The minimum Gasteiger partial charge on any atom is -0.545 e. The van der Waals surface area contributed by atoms with Crippen LogP contribution in [0.25, 0.3) is 11.0 Å². The zero-order valence-corrected chi connectivity index (χ0v) is 16.5. The van der Waals surface area contributed by atoms with Crippen LogP contribution >= 0.6 is 11.8 Å². The first-order chi connectivity index (χ1) is 14.0. The third-order valence-corrected chi connectivity index (χ3v) is 5.61. The van der Waals surface area contributed by atoms with Crippen LogP contribution < -0.4 is 5.11 Å². The van der Waals surface area contributed by atoms with Crippen molar-refractivity contribution in [3.8, 4) is 0 Å². The summed E-state index contributed by atoms with van der Waals surface area (Å²) >= 11 is 1.44. The fourth-order valence-corrected chi connectivity index (χ4v) is 4.06. The van der Waals surface area contributed by atoms with Crippen molar-refractivity contribution in [2.45, 2.75) is 17.8 Å². The van der Waals surface area contributed by atoms with E-state index in [0.717, 1.165) is 5.56 Å². The molecule has 0 bridgehead atoms. The number of thioether (sulfide) groups is 1. The maximum absolute atomic E-state index is 13.3. The maximum Gasteiger partial charge on any atom is 0.265 e. The number of rotatable bonds is 5. The number of imidazole rings is 1. The second-order valence-electron chi connectivity index (χ2n) is 6.63. The Morgan fingerprint density at radius 3 is 2.31 bits per heavy atom. The maximum atomic E-state index is 13.3. The van der Waals surface area contributed by atoms with Crippen molar-refractivity contribution in [2.75, 3.05) is 0 Å². The molecule has 3 aromatic carbocycles. The molecule has 0 radical (unpaired) electrons. The second-order valence-corrected chi connectivity index (χ2v) is 7.57. The summed E-state index contributed by atoms with van der Waals surface area (Å²) < 4.78 is 1.48. The molecule has 0 saturated heterocycles. The largest absolute Gasteiger partial charge is 0.545 e. The van der Waals surface area contributed by atoms with Crippen LogP contribution in [0, 0.1) is 6.92 Å². The van der Waals surface area contributed by atoms with E-state index in [1.807, 2.05) is 49.4 Å². The summed E-state index contributed by atoms with van der Waals surface area (Å²) in [4.78, 5) is 29.4. The van der Waals surface area contributed by atoms with Gasteiger partial charge >= 0.3 is 0 Å². The number of fused-ring (bicyclic) bond motifs is 1. The van der Waals surface area contributed by atoms with E-state index in [2.05, 4.69) is 4.98 Å². The molecule has 0 saturated carbocycles. The van der Waals surface area contributed by atoms with Crippen LogP contribution in [0.5, 0.6) is 0 Å². The Morgan fingerprint density at radius 2 is 1.59 bits per heavy atom. The smallest absolute Gasteiger partial charge is 0.265 e. The van der Waals surface area contributed by atoms with Gasteiger partial charge in [0.15, 0.2) is 5.16 Å². The number of hydrogen-bond donors (Lipinski definition) is 0. The highest BCUT2D eigenvalue weighted by atomic mass is 32.2. The molecule has 1 aromatic heterocycles. The lowest BCUT2D eigenvalue weighted by atomic mass is 10.1. The van der Waals surface area contributed by atoms with Crippen LogP contribution in [0.2, 0.25) is 0 Å². The normalized spacial score (nSPS) is 10.9. The molecular weight excluding hydrogens is 384 g/mol. The molecule has 4 aromatic rings. The minimum absolute atomic E-state index is 0.0767. The van der Waals surface area contributed by atoms with Gasteiger partial charge in [0.2, 0.25) is 0 Å². The van der Waals surface area contributed by atoms with Gasteiger partial charge in [-0.15, -0.1) is 0 Å². The molecule has 0 unspecified atom stereocenters. The predicted molar refractivity (Wildman–Crippen MR) is 111 cm³/mol. The minimum atomic E-state index is -1.38. The highest BCUT2D eigenvalue weighted by Gasteiger charge is 2.21. The van der Waals surface area contributed by atoms with Gasteiger partial charge in [0, 0.05) is 16.9 Å². The summed E-state index contributed by atoms with van der Waals surface area (Å²) in [5.74, 6) is -1.18. The first-order valence-corrected chi connectivity index (χ1v) is 10.0. The van der Waals surface area contributed by atoms with Crippen LogP contribution in [0.1, 0.15) is 31.8 Å². The lowest BCUT2D eigenvalue weighted by Gasteiger charge is -2.12. The Balaban J connectivity index is 1.77. The van der Waals surface area contributed by atoms with E-state index in [4.69, 9.17) is 0 Å². The number of nitrogens with zero attached hydrogens (tertiary/aromatic N) is 2. The number of hydrogen-bond acceptors (Lipinski definition) is 5. The summed E-state index contributed by atoms with van der Waals surface area (Å²) in [5, 5.41) is 12.0. The van der Waals surface area contributed by atoms with E-state index < -0.39 is 11.9 Å². The van der Waals surface area contributed by atoms with Gasteiger partial charge in [-0.25, -0.2) is 4.98 Å².